The summed E-state index contributed by atoms with van der Waals surface area (Å²) in [5, 5.41) is 0.333. The van der Waals surface area contributed by atoms with Gasteiger partial charge in [-0.15, -0.1) is 0 Å². The minimum absolute atomic E-state index is 0.00907. The van der Waals surface area contributed by atoms with Crippen LogP contribution in [0.5, 0.6) is 0 Å². The highest BCUT2D eigenvalue weighted by molar-refractivity contribution is 7.91. The van der Waals surface area contributed by atoms with Gasteiger partial charge in [0.05, 0.1) is 21.2 Å². The molecule has 15 heteroatoms. The van der Waals surface area contributed by atoms with Gasteiger partial charge in [0.25, 0.3) is 5.91 Å². The summed E-state index contributed by atoms with van der Waals surface area (Å²) in [6.45, 7) is -0.101. The number of rotatable bonds is 5. The maximum Gasteiger partial charge on any atom is 0.416 e. The molecule has 1 fully saturated rings. The number of carbonyl (C=O) groups is 2. The third kappa shape index (κ3) is 7.57. The predicted molar refractivity (Wildman–Crippen MR) is 132 cm³/mol. The highest BCUT2D eigenvalue weighted by Gasteiger charge is 2.40. The number of likely N-dealkylation sites (N-methyl/N-ethyl adjacent to an activating group) is 1. The van der Waals surface area contributed by atoms with E-state index in [1.54, 1.807) is 6.07 Å². The maximum atomic E-state index is 13.3. The zero-order valence-electron chi connectivity index (χ0n) is 20.4. The summed E-state index contributed by atoms with van der Waals surface area (Å²) >= 11 is 12.1. The Bertz CT molecular complexity index is 1350. The Hall–Kier alpha value is -2.51. The Balaban J connectivity index is 2.02. The first-order valence-corrected chi connectivity index (χ1v) is 14.1. The van der Waals surface area contributed by atoms with Crippen molar-refractivity contribution < 1.29 is 44.3 Å². The van der Waals surface area contributed by atoms with Crippen LogP contribution in [-0.2, 0) is 27.0 Å². The average molecular weight is 619 g/mol. The second-order valence-corrected chi connectivity index (χ2v) is 12.2. The van der Waals surface area contributed by atoms with E-state index in [0.29, 0.717) is 17.7 Å². The number of likely N-dealkylation sites (tertiary alicyclic amines) is 1. The van der Waals surface area contributed by atoms with Crippen molar-refractivity contribution in [3.63, 3.8) is 0 Å². The molecule has 1 aliphatic heterocycles. The molecular weight excluding hydrogens is 597 g/mol. The summed E-state index contributed by atoms with van der Waals surface area (Å²) in [7, 11) is -2.42. The molecule has 2 amide bonds. The second-order valence-electron chi connectivity index (χ2n) is 9.26. The Kier molecular flexibility index (Phi) is 8.88. The molecule has 214 valence electrons. The van der Waals surface area contributed by atoms with Gasteiger partial charge in [-0.2, -0.15) is 26.3 Å². The monoisotopic (exact) mass is 618 g/mol. The molecule has 0 saturated carbocycles. The van der Waals surface area contributed by atoms with Gasteiger partial charge in [-0.05, 0) is 42.3 Å². The quantitative estimate of drug-likeness (QED) is 0.413. The normalized spacial score (nSPS) is 18.7. The van der Waals surface area contributed by atoms with Crippen molar-refractivity contribution in [1.82, 2.24) is 9.80 Å². The zero-order valence-corrected chi connectivity index (χ0v) is 22.7. The molecule has 0 aliphatic carbocycles. The largest absolute Gasteiger partial charge is 0.416 e. The number of benzene rings is 2. The first-order chi connectivity index (χ1) is 17.8. The molecule has 0 N–H and O–H groups in total. The highest BCUT2D eigenvalue weighted by Crippen LogP contribution is 2.38. The topological polar surface area (TPSA) is 74.8 Å². The third-order valence-electron chi connectivity index (χ3n) is 6.34. The van der Waals surface area contributed by atoms with Gasteiger partial charge >= 0.3 is 12.4 Å². The smallest absolute Gasteiger partial charge is 0.341 e. The lowest BCUT2D eigenvalue weighted by atomic mass is 9.84. The number of sulfone groups is 1. The van der Waals surface area contributed by atoms with Crippen LogP contribution >= 0.6 is 23.2 Å². The van der Waals surface area contributed by atoms with Gasteiger partial charge in [0.2, 0.25) is 5.91 Å². The molecule has 6 nitrogen and oxygen atoms in total. The number of amides is 2. The fourth-order valence-electron chi connectivity index (χ4n) is 4.45. The van der Waals surface area contributed by atoms with E-state index in [2.05, 4.69) is 0 Å². The van der Waals surface area contributed by atoms with Crippen LogP contribution in [0.25, 0.3) is 0 Å². The minimum atomic E-state index is -5.14. The van der Waals surface area contributed by atoms with E-state index in [1.165, 1.54) is 24.1 Å². The van der Waals surface area contributed by atoms with Crippen LogP contribution in [0.1, 0.15) is 39.4 Å². The lowest BCUT2D eigenvalue weighted by molar-refractivity contribution is -0.143. The zero-order chi connectivity index (χ0) is 29.5. The minimum Gasteiger partial charge on any atom is -0.341 e. The lowest BCUT2D eigenvalue weighted by Gasteiger charge is -2.43. The summed E-state index contributed by atoms with van der Waals surface area (Å²) in [5.74, 6) is -3.27. The highest BCUT2D eigenvalue weighted by atomic mass is 35.5. The number of hydrogen-bond acceptors (Lipinski definition) is 4. The molecule has 1 saturated heterocycles. The van der Waals surface area contributed by atoms with Crippen LogP contribution in [0.3, 0.4) is 0 Å². The number of piperidine rings is 1. The van der Waals surface area contributed by atoms with Crippen LogP contribution in [0.4, 0.5) is 26.3 Å². The summed E-state index contributed by atoms with van der Waals surface area (Å²) in [5.41, 5.74) is -3.60. The molecule has 0 radical (unpaired) electrons. The van der Waals surface area contributed by atoms with Gasteiger partial charge in [-0.1, -0.05) is 29.3 Å². The molecular formula is C24H22Cl2F6N2O4S. The Labute approximate surface area is 230 Å². The molecule has 1 heterocycles. The van der Waals surface area contributed by atoms with E-state index in [9.17, 15) is 44.3 Å². The fourth-order valence-corrected chi connectivity index (χ4v) is 5.39. The predicted octanol–water partition coefficient (Wildman–Crippen LogP) is 5.53. The number of halogens is 8. The summed E-state index contributed by atoms with van der Waals surface area (Å²) in [4.78, 5) is 28.2. The van der Waals surface area contributed by atoms with E-state index in [4.69, 9.17) is 23.2 Å². The number of carbonyl (C=O) groups excluding carboxylic acids is 2. The fraction of sp³-hybridized carbons (Fsp3) is 0.417. The van der Waals surface area contributed by atoms with Crippen molar-refractivity contribution in [3.05, 3.63) is 68.7 Å². The standard InChI is InChI=1S/C24H22Cl2F6N2O4S/c1-33(22(36)14-7-15(23(27,28)29)10-16(8-14)24(30,31)32)20-5-6-34(21(35)12-39(2,37)38)11-17(20)13-3-4-18(25)19(26)9-13/h3-4,7-10,17,20H,5-6,11-12H2,1-2H3/t17-,20+/m0/s1. The molecule has 39 heavy (non-hydrogen) atoms. The van der Waals surface area contributed by atoms with Gasteiger partial charge in [0.15, 0.2) is 9.84 Å². The van der Waals surface area contributed by atoms with Crippen molar-refractivity contribution in [1.29, 1.82) is 0 Å². The molecule has 2 atom stereocenters. The van der Waals surface area contributed by atoms with Gasteiger partial charge in [-0.3, -0.25) is 9.59 Å². The summed E-state index contributed by atoms with van der Waals surface area (Å²) in [6, 6.07) is 4.32. The van der Waals surface area contributed by atoms with Crippen molar-refractivity contribution in [2.24, 2.45) is 0 Å². The average Bonchev–Trinajstić information content (AvgIpc) is 2.82. The Morgan fingerprint density at radius 2 is 1.54 bits per heavy atom. The van der Waals surface area contributed by atoms with Gasteiger partial charge in [0.1, 0.15) is 5.75 Å². The van der Waals surface area contributed by atoms with E-state index in [-0.39, 0.29) is 35.6 Å². The molecule has 3 rings (SSSR count). The van der Waals surface area contributed by atoms with E-state index in [1.807, 2.05) is 0 Å². The van der Waals surface area contributed by atoms with E-state index >= 15 is 0 Å². The Morgan fingerprint density at radius 3 is 2.03 bits per heavy atom. The van der Waals surface area contributed by atoms with Crippen LogP contribution in [0.15, 0.2) is 36.4 Å². The van der Waals surface area contributed by atoms with E-state index < -0.39 is 68.4 Å². The summed E-state index contributed by atoms with van der Waals surface area (Å²) in [6.07, 6.45) is -9.33. The van der Waals surface area contributed by atoms with Crippen LogP contribution in [0, 0.1) is 0 Å². The van der Waals surface area contributed by atoms with Crippen molar-refractivity contribution in [2.75, 3.05) is 32.1 Å². The lowest BCUT2D eigenvalue weighted by Crippen LogP contribution is -2.52. The number of alkyl halides is 6. The van der Waals surface area contributed by atoms with Gasteiger partial charge in [0, 0.05) is 43.9 Å². The first kappa shape index (κ1) is 31.0. The SMILES string of the molecule is CN(C(=O)c1cc(C(F)(F)F)cc(C(F)(F)F)c1)[C@@H]1CCN(C(=O)CS(C)(=O)=O)C[C@H]1c1ccc(Cl)c(Cl)c1. The number of nitrogens with zero attached hydrogens (tertiary/aromatic N) is 2. The third-order valence-corrected chi connectivity index (χ3v) is 7.85. The second kappa shape index (κ2) is 11.2. The maximum absolute atomic E-state index is 13.3. The van der Waals surface area contributed by atoms with E-state index in [0.717, 1.165) is 11.2 Å². The van der Waals surface area contributed by atoms with Crippen molar-refractivity contribution in [2.45, 2.75) is 30.7 Å². The Morgan fingerprint density at radius 1 is 0.974 bits per heavy atom. The van der Waals surface area contributed by atoms with Crippen LogP contribution < -0.4 is 0 Å². The molecule has 2 aromatic rings. The van der Waals surface area contributed by atoms with Crippen LogP contribution in [0.2, 0.25) is 10.0 Å². The van der Waals surface area contributed by atoms with Gasteiger partial charge < -0.3 is 9.80 Å². The molecule has 0 aromatic heterocycles. The first-order valence-electron chi connectivity index (χ1n) is 11.2. The molecule has 0 bridgehead atoms. The molecule has 0 unspecified atom stereocenters. The molecule has 2 aromatic carbocycles. The van der Waals surface area contributed by atoms with Crippen molar-refractivity contribution >= 4 is 44.9 Å². The van der Waals surface area contributed by atoms with Gasteiger partial charge in [-0.25, -0.2) is 8.42 Å². The molecule has 0 spiro atoms. The van der Waals surface area contributed by atoms with Crippen molar-refractivity contribution in [3.8, 4) is 0 Å². The van der Waals surface area contributed by atoms with Crippen LogP contribution in [-0.4, -0.2) is 68.2 Å². The summed E-state index contributed by atoms with van der Waals surface area (Å²) < 4.78 is 103. The number of hydrogen-bond donors (Lipinski definition) is 0. The molecule has 1 aliphatic rings.